The molecule has 1 atom stereocenters. The van der Waals surface area contributed by atoms with E-state index in [1.807, 2.05) is 34.9 Å². The molecule has 1 unspecified atom stereocenters. The molecule has 1 heterocycles. The van der Waals surface area contributed by atoms with Crippen molar-refractivity contribution in [1.82, 2.24) is 19.9 Å². The fourth-order valence-corrected chi connectivity index (χ4v) is 2.12. The minimum atomic E-state index is -0.300. The number of hydrogen-bond acceptors (Lipinski definition) is 5. The molecule has 0 aliphatic rings. The van der Waals surface area contributed by atoms with Crippen LogP contribution in [0.25, 0.3) is 0 Å². The van der Waals surface area contributed by atoms with E-state index in [1.165, 1.54) is 0 Å². The number of hydrogen-bond donors (Lipinski definition) is 0. The van der Waals surface area contributed by atoms with Crippen molar-refractivity contribution in [1.29, 1.82) is 0 Å². The predicted molar refractivity (Wildman–Crippen MR) is 77.4 cm³/mol. The van der Waals surface area contributed by atoms with Gasteiger partial charge in [0.25, 0.3) is 0 Å². The number of carbonyl (C=O) groups is 1. The number of rotatable bonds is 7. The van der Waals surface area contributed by atoms with Gasteiger partial charge in [0.2, 0.25) is 0 Å². The molecule has 1 aromatic heterocycles. The van der Waals surface area contributed by atoms with Crippen molar-refractivity contribution in [2.75, 3.05) is 27.2 Å². The zero-order valence-electron chi connectivity index (χ0n) is 13.4. The quantitative estimate of drug-likeness (QED) is 0.710. The molecule has 0 aromatic carbocycles. The molecule has 0 spiro atoms. The summed E-state index contributed by atoms with van der Waals surface area (Å²) in [5.74, 6) is 0.0856. The standard InChI is InChI=1S/C14H26N4O2/c1-11(19)13(14(2,3)4)18-9-12(15-16-18)10-20-8-7-17(5)6/h9,13H,7-8,10H2,1-6H3. The molecule has 0 amide bonds. The molecule has 0 bridgehead atoms. The van der Waals surface area contributed by atoms with Crippen molar-refractivity contribution in [3.63, 3.8) is 0 Å². The predicted octanol–water partition coefficient (Wildman–Crippen LogP) is 1.53. The molecule has 1 aromatic rings. The van der Waals surface area contributed by atoms with Crippen LogP contribution in [0.15, 0.2) is 6.20 Å². The Bertz CT molecular complexity index is 435. The van der Waals surface area contributed by atoms with Crippen LogP contribution >= 0.6 is 0 Å². The van der Waals surface area contributed by atoms with Gasteiger partial charge in [0.15, 0.2) is 5.78 Å². The van der Waals surface area contributed by atoms with E-state index < -0.39 is 0 Å². The third-order valence-corrected chi connectivity index (χ3v) is 2.96. The summed E-state index contributed by atoms with van der Waals surface area (Å²) in [6.07, 6.45) is 1.80. The number of carbonyl (C=O) groups excluding carboxylic acids is 1. The smallest absolute Gasteiger partial charge is 0.154 e. The number of likely N-dealkylation sites (N-methyl/N-ethyl adjacent to an activating group) is 1. The summed E-state index contributed by atoms with van der Waals surface area (Å²) >= 11 is 0. The fourth-order valence-electron chi connectivity index (χ4n) is 2.12. The Balaban J connectivity index is 2.64. The molecular weight excluding hydrogens is 256 g/mol. The van der Waals surface area contributed by atoms with Gasteiger partial charge in [-0.25, -0.2) is 4.68 Å². The first-order chi connectivity index (χ1) is 9.21. The van der Waals surface area contributed by atoms with Crippen LogP contribution in [0.5, 0.6) is 0 Å². The second-order valence-corrected chi connectivity index (χ2v) is 6.42. The van der Waals surface area contributed by atoms with Gasteiger partial charge in [-0.05, 0) is 26.4 Å². The maximum absolute atomic E-state index is 11.8. The highest BCUT2D eigenvalue weighted by Gasteiger charge is 2.31. The van der Waals surface area contributed by atoms with E-state index in [1.54, 1.807) is 17.8 Å². The molecule has 0 saturated heterocycles. The number of Topliss-reactive ketones (excluding diaryl/α,β-unsaturated/α-hetero) is 1. The van der Waals surface area contributed by atoms with E-state index in [9.17, 15) is 4.79 Å². The molecule has 6 nitrogen and oxygen atoms in total. The Morgan fingerprint density at radius 2 is 2.10 bits per heavy atom. The minimum absolute atomic E-state index is 0.0856. The minimum Gasteiger partial charge on any atom is -0.374 e. The van der Waals surface area contributed by atoms with Gasteiger partial charge in [-0.3, -0.25) is 4.79 Å². The molecule has 0 radical (unpaired) electrons. The van der Waals surface area contributed by atoms with Crippen LogP contribution in [0.1, 0.15) is 39.4 Å². The van der Waals surface area contributed by atoms with E-state index in [0.717, 1.165) is 12.2 Å². The first-order valence-electron chi connectivity index (χ1n) is 6.85. The van der Waals surface area contributed by atoms with Crippen LogP contribution < -0.4 is 0 Å². The number of aromatic nitrogens is 3. The van der Waals surface area contributed by atoms with Crippen molar-refractivity contribution in [2.45, 2.75) is 40.3 Å². The molecule has 0 N–H and O–H groups in total. The van der Waals surface area contributed by atoms with Gasteiger partial charge in [-0.15, -0.1) is 5.10 Å². The fraction of sp³-hybridized carbons (Fsp3) is 0.786. The molecule has 114 valence electrons. The van der Waals surface area contributed by atoms with Crippen LogP contribution in [-0.4, -0.2) is 52.9 Å². The molecular formula is C14H26N4O2. The molecule has 0 aliphatic carbocycles. The summed E-state index contributed by atoms with van der Waals surface area (Å²) in [7, 11) is 4.00. The monoisotopic (exact) mass is 282 g/mol. The average molecular weight is 282 g/mol. The van der Waals surface area contributed by atoms with Gasteiger partial charge in [-0.2, -0.15) is 0 Å². The second-order valence-electron chi connectivity index (χ2n) is 6.42. The molecule has 6 heteroatoms. The van der Waals surface area contributed by atoms with E-state index in [4.69, 9.17) is 4.74 Å². The van der Waals surface area contributed by atoms with Crippen molar-refractivity contribution in [3.05, 3.63) is 11.9 Å². The zero-order chi connectivity index (χ0) is 15.3. The largest absolute Gasteiger partial charge is 0.374 e. The maximum Gasteiger partial charge on any atom is 0.154 e. The van der Waals surface area contributed by atoms with Gasteiger partial charge in [0, 0.05) is 6.54 Å². The lowest BCUT2D eigenvalue weighted by Gasteiger charge is -2.28. The molecule has 20 heavy (non-hydrogen) atoms. The number of ketones is 1. The number of nitrogens with zero attached hydrogens (tertiary/aromatic N) is 4. The summed E-state index contributed by atoms with van der Waals surface area (Å²) in [5, 5.41) is 8.15. The van der Waals surface area contributed by atoms with Gasteiger partial charge < -0.3 is 9.64 Å². The lowest BCUT2D eigenvalue weighted by Crippen LogP contribution is -2.30. The summed E-state index contributed by atoms with van der Waals surface area (Å²) in [4.78, 5) is 13.9. The van der Waals surface area contributed by atoms with E-state index in [-0.39, 0.29) is 17.2 Å². The summed E-state index contributed by atoms with van der Waals surface area (Å²) in [5.41, 5.74) is 0.557. The third kappa shape index (κ3) is 5.02. The van der Waals surface area contributed by atoms with E-state index in [0.29, 0.717) is 13.2 Å². The van der Waals surface area contributed by atoms with Gasteiger partial charge >= 0.3 is 0 Å². The molecule has 0 aliphatic heterocycles. The van der Waals surface area contributed by atoms with Crippen LogP contribution in [-0.2, 0) is 16.1 Å². The van der Waals surface area contributed by atoms with Crippen molar-refractivity contribution in [3.8, 4) is 0 Å². The van der Waals surface area contributed by atoms with Crippen LogP contribution in [0.2, 0.25) is 0 Å². The van der Waals surface area contributed by atoms with E-state index in [2.05, 4.69) is 15.2 Å². The van der Waals surface area contributed by atoms with E-state index >= 15 is 0 Å². The Kier molecular flexibility index (Phi) is 5.83. The third-order valence-electron chi connectivity index (χ3n) is 2.96. The lowest BCUT2D eigenvalue weighted by atomic mass is 9.84. The van der Waals surface area contributed by atoms with Gasteiger partial charge in [0.1, 0.15) is 11.7 Å². The maximum atomic E-state index is 11.8. The summed E-state index contributed by atoms with van der Waals surface area (Å²) in [6.45, 7) is 9.59. The Labute approximate surface area is 121 Å². The highest BCUT2D eigenvalue weighted by Crippen LogP contribution is 2.30. The van der Waals surface area contributed by atoms with Gasteiger partial charge in [-0.1, -0.05) is 26.0 Å². The van der Waals surface area contributed by atoms with Crippen molar-refractivity contribution < 1.29 is 9.53 Å². The topological polar surface area (TPSA) is 60.2 Å². The lowest BCUT2D eigenvalue weighted by molar-refractivity contribution is -0.123. The van der Waals surface area contributed by atoms with Crippen molar-refractivity contribution >= 4 is 5.78 Å². The molecule has 0 saturated carbocycles. The first kappa shape index (κ1) is 16.8. The normalized spacial score (nSPS) is 13.8. The highest BCUT2D eigenvalue weighted by molar-refractivity contribution is 5.80. The Morgan fingerprint density at radius 3 is 2.60 bits per heavy atom. The van der Waals surface area contributed by atoms with Crippen LogP contribution in [0.3, 0.4) is 0 Å². The first-order valence-corrected chi connectivity index (χ1v) is 6.85. The van der Waals surface area contributed by atoms with Crippen LogP contribution in [0, 0.1) is 5.41 Å². The molecule has 1 rings (SSSR count). The number of ether oxygens (including phenoxy) is 1. The zero-order valence-corrected chi connectivity index (χ0v) is 13.4. The Hall–Kier alpha value is -1.27. The Morgan fingerprint density at radius 1 is 1.45 bits per heavy atom. The molecule has 0 fully saturated rings. The SMILES string of the molecule is CC(=O)C(n1cc(COCCN(C)C)nn1)C(C)(C)C. The highest BCUT2D eigenvalue weighted by atomic mass is 16.5. The average Bonchev–Trinajstić information content (AvgIpc) is 2.70. The van der Waals surface area contributed by atoms with Crippen molar-refractivity contribution in [2.24, 2.45) is 5.41 Å². The summed E-state index contributed by atoms with van der Waals surface area (Å²) < 4.78 is 7.17. The van der Waals surface area contributed by atoms with Crippen LogP contribution in [0.4, 0.5) is 0 Å². The summed E-state index contributed by atoms with van der Waals surface area (Å²) in [6, 6.07) is -0.300. The second kappa shape index (κ2) is 6.95. The van der Waals surface area contributed by atoms with Gasteiger partial charge in [0.05, 0.1) is 19.4 Å².